The Kier molecular flexibility index (Phi) is 9.24. The van der Waals surface area contributed by atoms with Gasteiger partial charge in [0.25, 0.3) is 11.8 Å². The fourth-order valence-electron chi connectivity index (χ4n) is 6.33. The molecule has 3 aliphatic rings. The molecule has 1 spiro atoms. The lowest BCUT2D eigenvalue weighted by atomic mass is 9.85. The number of aromatic nitrogens is 1. The van der Waals surface area contributed by atoms with E-state index < -0.39 is 78.6 Å². The fourth-order valence-corrected chi connectivity index (χ4v) is 6.73. The summed E-state index contributed by atoms with van der Waals surface area (Å²) in [7, 11) is -3.39. The number of hydrogen-bond acceptors (Lipinski definition) is 10. The summed E-state index contributed by atoms with van der Waals surface area (Å²) in [5.74, 6) is -4.93. The summed E-state index contributed by atoms with van der Waals surface area (Å²) in [6.45, 7) is 1.51. The summed E-state index contributed by atoms with van der Waals surface area (Å²) in [5.41, 5.74) is -2.75. The molecule has 1 fully saturated rings. The van der Waals surface area contributed by atoms with Gasteiger partial charge in [-0.15, -0.1) is 0 Å². The van der Waals surface area contributed by atoms with Crippen LogP contribution in [-0.4, -0.2) is 68.2 Å². The SMILES string of the molecule is COC1=NO[C@@]2(CC[C@H](C)N3C[C@H]2n2cc(C(=O)NCc4ccc(F)cc4F)c(=O)c(OC(=O)Cc4ccc(OP(=O)(O)O)cc4)c2C3=O)C1. The topological polar surface area (TPSA) is 195 Å². The van der Waals surface area contributed by atoms with Crippen LogP contribution in [0.3, 0.4) is 0 Å². The van der Waals surface area contributed by atoms with E-state index in [1.807, 2.05) is 6.92 Å². The number of rotatable bonds is 8. The van der Waals surface area contributed by atoms with Gasteiger partial charge in [0.05, 0.1) is 26.0 Å². The standard InChI is InChI=1S/C32H31F2N4O11P/c1-17-9-10-32(13-25(46-2)36-49-32)24-16-37(17)31(42)27-29(47-26(39)11-18-3-7-21(8-4-18)48-50(43,44)45)28(40)22(15-38(24)27)30(41)35-14-19-5-6-20(33)12-23(19)34/h3-8,12,15,17,24H,9-11,13-14,16H2,1-2H3,(H,35,41)(H2,43,44,45)/t17-,24+,32-/m0/s1. The van der Waals surface area contributed by atoms with Crippen molar-refractivity contribution < 1.29 is 56.4 Å². The molecule has 18 heteroatoms. The van der Waals surface area contributed by atoms with Gasteiger partial charge in [-0.1, -0.05) is 23.4 Å². The monoisotopic (exact) mass is 716 g/mol. The Labute approximate surface area is 282 Å². The summed E-state index contributed by atoms with van der Waals surface area (Å²) < 4.78 is 55.8. The number of halogens is 2. The summed E-state index contributed by atoms with van der Waals surface area (Å²) in [6, 6.07) is 6.84. The number of amides is 2. The molecule has 2 bridgehead atoms. The smallest absolute Gasteiger partial charge is 0.482 e. The fraction of sp³-hybridized carbons (Fsp3) is 0.344. The molecule has 3 aliphatic heterocycles. The number of pyridine rings is 1. The van der Waals surface area contributed by atoms with Gasteiger partial charge >= 0.3 is 13.8 Å². The Morgan fingerprint density at radius 1 is 1.16 bits per heavy atom. The summed E-state index contributed by atoms with van der Waals surface area (Å²) in [4.78, 5) is 80.5. The molecule has 264 valence electrons. The van der Waals surface area contributed by atoms with Crippen LogP contribution in [0.1, 0.15) is 64.2 Å². The molecule has 1 aromatic heterocycles. The number of carbonyl (C=O) groups is 3. The molecule has 0 saturated carbocycles. The highest BCUT2D eigenvalue weighted by molar-refractivity contribution is 7.46. The zero-order valence-corrected chi connectivity index (χ0v) is 27.5. The third-order valence-electron chi connectivity index (χ3n) is 8.91. The van der Waals surface area contributed by atoms with E-state index in [4.69, 9.17) is 24.1 Å². The van der Waals surface area contributed by atoms with Gasteiger partial charge in [0, 0.05) is 37.0 Å². The first kappa shape index (κ1) is 34.7. The van der Waals surface area contributed by atoms with E-state index in [-0.39, 0.29) is 36.0 Å². The van der Waals surface area contributed by atoms with Gasteiger partial charge in [0.15, 0.2) is 11.3 Å². The lowest BCUT2D eigenvalue weighted by Gasteiger charge is -2.41. The molecule has 50 heavy (non-hydrogen) atoms. The van der Waals surface area contributed by atoms with E-state index in [1.165, 1.54) is 47.0 Å². The van der Waals surface area contributed by atoms with Gasteiger partial charge in [-0.05, 0) is 43.5 Å². The number of oxime groups is 1. The van der Waals surface area contributed by atoms with E-state index >= 15 is 0 Å². The van der Waals surface area contributed by atoms with Crippen molar-refractivity contribution >= 4 is 31.5 Å². The average Bonchev–Trinajstić information content (AvgIpc) is 3.44. The second-order valence-corrected chi connectivity index (χ2v) is 13.3. The number of ether oxygens (including phenoxy) is 2. The molecular weight excluding hydrogens is 685 g/mol. The predicted octanol–water partition coefficient (Wildman–Crippen LogP) is 2.97. The lowest BCUT2D eigenvalue weighted by molar-refractivity contribution is -0.133. The Bertz CT molecular complexity index is 2020. The Morgan fingerprint density at radius 3 is 2.56 bits per heavy atom. The van der Waals surface area contributed by atoms with Crippen molar-refractivity contribution in [3.63, 3.8) is 0 Å². The number of nitrogens with one attached hydrogen (secondary N) is 1. The molecule has 15 nitrogen and oxygen atoms in total. The molecule has 0 unspecified atom stereocenters. The Morgan fingerprint density at radius 2 is 1.90 bits per heavy atom. The summed E-state index contributed by atoms with van der Waals surface area (Å²) in [6.07, 6.45) is 1.83. The van der Waals surface area contributed by atoms with Crippen LogP contribution in [-0.2, 0) is 31.9 Å². The normalized spacial score (nSPS) is 21.1. The minimum absolute atomic E-state index is 0.0622. The number of benzene rings is 2. The van der Waals surface area contributed by atoms with E-state index in [0.29, 0.717) is 30.4 Å². The Balaban J connectivity index is 1.40. The highest BCUT2D eigenvalue weighted by atomic mass is 31.2. The van der Waals surface area contributed by atoms with Crippen molar-refractivity contribution in [1.82, 2.24) is 14.8 Å². The van der Waals surface area contributed by atoms with Crippen molar-refractivity contribution in [3.05, 3.63) is 92.9 Å². The first-order chi connectivity index (χ1) is 23.7. The second-order valence-electron chi connectivity index (χ2n) is 12.1. The van der Waals surface area contributed by atoms with Gasteiger partial charge in [0.2, 0.25) is 17.1 Å². The highest BCUT2D eigenvalue weighted by Gasteiger charge is 2.55. The third-order valence-corrected chi connectivity index (χ3v) is 9.36. The maximum atomic E-state index is 14.3. The number of phosphoric acid groups is 1. The first-order valence-electron chi connectivity index (χ1n) is 15.3. The van der Waals surface area contributed by atoms with Crippen LogP contribution < -0.4 is 20.0 Å². The average molecular weight is 717 g/mol. The third kappa shape index (κ3) is 6.84. The van der Waals surface area contributed by atoms with Gasteiger partial charge in [-0.3, -0.25) is 29.0 Å². The van der Waals surface area contributed by atoms with Crippen LogP contribution in [0.5, 0.6) is 11.5 Å². The number of methoxy groups -OCH3 is 1. The molecule has 0 aliphatic carbocycles. The number of carbonyl (C=O) groups excluding carboxylic acids is 3. The van der Waals surface area contributed by atoms with E-state index in [2.05, 4.69) is 15.0 Å². The molecule has 3 aromatic rings. The molecule has 6 rings (SSSR count). The van der Waals surface area contributed by atoms with Crippen molar-refractivity contribution in [2.45, 2.75) is 56.8 Å². The van der Waals surface area contributed by atoms with Gasteiger partial charge in [0.1, 0.15) is 22.9 Å². The molecule has 4 heterocycles. The van der Waals surface area contributed by atoms with Crippen LogP contribution in [0, 0.1) is 11.6 Å². The van der Waals surface area contributed by atoms with Crippen LogP contribution in [0.25, 0.3) is 0 Å². The highest BCUT2D eigenvalue weighted by Crippen LogP contribution is 2.46. The van der Waals surface area contributed by atoms with E-state index in [0.717, 1.165) is 12.1 Å². The molecule has 2 aromatic carbocycles. The molecule has 3 atom stereocenters. The molecular formula is C32H31F2N4O11P. The number of nitrogens with zero attached hydrogens (tertiary/aromatic N) is 3. The van der Waals surface area contributed by atoms with E-state index in [9.17, 15) is 32.5 Å². The Hall–Kier alpha value is -5.12. The minimum Gasteiger partial charge on any atom is -0.482 e. The largest absolute Gasteiger partial charge is 0.524 e. The van der Waals surface area contributed by atoms with Gasteiger partial charge in [-0.25, -0.2) is 13.3 Å². The lowest BCUT2D eigenvalue weighted by Crippen LogP contribution is -2.52. The molecule has 1 saturated heterocycles. The quantitative estimate of drug-likeness (QED) is 0.229. The number of phosphoric ester groups is 1. The van der Waals surface area contributed by atoms with Crippen molar-refractivity contribution in [1.29, 1.82) is 0 Å². The molecule has 3 N–H and O–H groups in total. The van der Waals surface area contributed by atoms with Crippen LogP contribution in [0.15, 0.2) is 58.6 Å². The van der Waals surface area contributed by atoms with Gasteiger partial charge < -0.3 is 33.6 Å². The van der Waals surface area contributed by atoms with Crippen LogP contribution >= 0.6 is 7.82 Å². The second kappa shape index (κ2) is 13.3. The summed E-state index contributed by atoms with van der Waals surface area (Å²) in [5, 5.41) is 6.51. The van der Waals surface area contributed by atoms with E-state index in [1.54, 1.807) is 0 Å². The number of hydrogen-bond donors (Lipinski definition) is 3. The maximum Gasteiger partial charge on any atom is 0.524 e. The predicted molar refractivity (Wildman–Crippen MR) is 168 cm³/mol. The maximum absolute atomic E-state index is 14.3. The molecule has 2 amide bonds. The van der Waals surface area contributed by atoms with Crippen LogP contribution in [0.4, 0.5) is 8.78 Å². The number of fused-ring (bicyclic) bond motifs is 5. The van der Waals surface area contributed by atoms with Crippen molar-refractivity contribution in [3.8, 4) is 11.5 Å². The van der Waals surface area contributed by atoms with Gasteiger partial charge in [-0.2, -0.15) is 0 Å². The zero-order valence-electron chi connectivity index (χ0n) is 26.6. The minimum atomic E-state index is -4.82. The molecule has 0 radical (unpaired) electrons. The number of esters is 1. The zero-order chi connectivity index (χ0) is 36.0. The summed E-state index contributed by atoms with van der Waals surface area (Å²) >= 11 is 0. The van der Waals surface area contributed by atoms with Crippen molar-refractivity contribution in [2.24, 2.45) is 5.16 Å². The first-order valence-corrected chi connectivity index (χ1v) is 16.9. The van der Waals surface area contributed by atoms with Crippen molar-refractivity contribution in [2.75, 3.05) is 13.7 Å². The van der Waals surface area contributed by atoms with Crippen LogP contribution in [0.2, 0.25) is 0 Å².